The van der Waals surface area contributed by atoms with Crippen LogP contribution in [0.15, 0.2) is 68.9 Å². The number of halogens is 2. The number of amidine groups is 1. The van der Waals surface area contributed by atoms with Crippen LogP contribution in [0.5, 0.6) is 0 Å². The largest absolute Gasteiger partial charge is 0.457 e. The normalized spacial score (nSPS) is 16.3. The van der Waals surface area contributed by atoms with Gasteiger partial charge in [0, 0.05) is 30.3 Å². The van der Waals surface area contributed by atoms with Crippen LogP contribution < -0.4 is 0 Å². The van der Waals surface area contributed by atoms with E-state index in [0.717, 1.165) is 0 Å². The number of benzene rings is 2. The fraction of sp³-hybridized carbons (Fsp3) is 0.0909. The highest BCUT2D eigenvalue weighted by Crippen LogP contribution is 2.36. The van der Waals surface area contributed by atoms with E-state index in [1.807, 2.05) is 6.92 Å². The Kier molecular flexibility index (Phi) is 6.11. The van der Waals surface area contributed by atoms with E-state index in [1.54, 1.807) is 18.2 Å². The quantitative estimate of drug-likeness (QED) is 0.248. The molecule has 0 atom stereocenters. The molecule has 2 heterocycles. The molecule has 0 spiro atoms. The first kappa shape index (κ1) is 21.8. The third-order valence-corrected chi connectivity index (χ3v) is 5.90. The zero-order chi connectivity index (χ0) is 22.8. The molecule has 0 N–H and O–H groups in total. The fourth-order valence-electron chi connectivity index (χ4n) is 3.02. The maximum absolute atomic E-state index is 13.1. The fourth-order valence-corrected chi connectivity index (χ4v) is 4.33. The maximum Gasteiger partial charge on any atom is 0.270 e. The molecule has 0 saturated carbocycles. The molecule has 1 aliphatic heterocycles. The second-order valence-corrected chi connectivity index (χ2v) is 8.07. The van der Waals surface area contributed by atoms with E-state index in [2.05, 4.69) is 4.99 Å². The van der Waals surface area contributed by atoms with Crippen LogP contribution in [0.4, 0.5) is 15.8 Å². The molecule has 1 fully saturated rings. The van der Waals surface area contributed by atoms with E-state index in [1.165, 1.54) is 59.1 Å². The number of thioether (sulfide) groups is 1. The minimum atomic E-state index is -0.527. The van der Waals surface area contributed by atoms with E-state index in [-0.39, 0.29) is 22.4 Å². The molecule has 2 aromatic carbocycles. The van der Waals surface area contributed by atoms with Crippen LogP contribution in [0.1, 0.15) is 12.7 Å². The molecule has 1 aliphatic rings. The Morgan fingerprint density at radius 1 is 1.22 bits per heavy atom. The molecule has 162 valence electrons. The van der Waals surface area contributed by atoms with Crippen LogP contribution in [-0.4, -0.2) is 27.4 Å². The molecule has 10 heteroatoms. The first-order valence-electron chi connectivity index (χ1n) is 9.45. The van der Waals surface area contributed by atoms with Gasteiger partial charge in [0.2, 0.25) is 0 Å². The lowest BCUT2D eigenvalue weighted by molar-refractivity contribution is -0.384. The number of likely N-dealkylation sites (N-methyl/N-ethyl adjacent to an activating group) is 1. The van der Waals surface area contributed by atoms with Crippen LogP contribution >= 0.6 is 23.4 Å². The van der Waals surface area contributed by atoms with Gasteiger partial charge in [-0.2, -0.15) is 0 Å². The maximum atomic E-state index is 13.1. The minimum absolute atomic E-state index is 0.117. The van der Waals surface area contributed by atoms with Crippen LogP contribution in [0.25, 0.3) is 17.4 Å². The summed E-state index contributed by atoms with van der Waals surface area (Å²) in [6, 6.07) is 13.2. The molecule has 0 unspecified atom stereocenters. The third kappa shape index (κ3) is 4.44. The average Bonchev–Trinajstić information content (AvgIpc) is 3.34. The monoisotopic (exact) mass is 471 g/mol. The number of hydrogen-bond acceptors (Lipinski definition) is 6. The SMILES string of the molecule is CCN1C(=O)/C(=C\c2ccc(-c3ccc([N+](=O)[O-])cc3Cl)o2)SC1=Nc1ccc(F)cc1. The predicted octanol–water partition coefficient (Wildman–Crippen LogP) is 6.27. The molecule has 4 rings (SSSR count). The number of rotatable bonds is 5. The number of hydrogen-bond donors (Lipinski definition) is 0. The highest BCUT2D eigenvalue weighted by Gasteiger charge is 2.32. The number of nitro groups is 1. The van der Waals surface area contributed by atoms with Gasteiger partial charge in [-0.25, -0.2) is 9.38 Å². The average molecular weight is 472 g/mol. The van der Waals surface area contributed by atoms with Gasteiger partial charge in [-0.15, -0.1) is 0 Å². The standard InChI is InChI=1S/C22H15ClFN3O4S/c1-2-26-21(28)20(32-22(26)25-14-5-3-13(24)4-6-14)12-16-8-10-19(31-16)17-9-7-15(27(29)30)11-18(17)23/h3-12H,2H2,1H3/b20-12+,25-22?. The molecule has 0 bridgehead atoms. The van der Waals surface area contributed by atoms with Crippen molar-refractivity contribution in [2.24, 2.45) is 4.99 Å². The highest BCUT2D eigenvalue weighted by atomic mass is 35.5. The van der Waals surface area contributed by atoms with Gasteiger partial charge in [0.1, 0.15) is 17.3 Å². The summed E-state index contributed by atoms with van der Waals surface area (Å²) in [5.74, 6) is 0.257. The van der Waals surface area contributed by atoms with Crippen molar-refractivity contribution in [1.29, 1.82) is 0 Å². The summed E-state index contributed by atoms with van der Waals surface area (Å²) in [4.78, 5) is 29.6. The van der Waals surface area contributed by atoms with E-state index in [4.69, 9.17) is 16.0 Å². The predicted molar refractivity (Wildman–Crippen MR) is 122 cm³/mol. The molecule has 32 heavy (non-hydrogen) atoms. The minimum Gasteiger partial charge on any atom is -0.457 e. The van der Waals surface area contributed by atoms with Gasteiger partial charge in [0.25, 0.3) is 11.6 Å². The zero-order valence-corrected chi connectivity index (χ0v) is 18.2. The van der Waals surface area contributed by atoms with Crippen molar-refractivity contribution in [3.63, 3.8) is 0 Å². The summed E-state index contributed by atoms with van der Waals surface area (Å²) in [5, 5.41) is 11.6. The molecule has 0 aliphatic carbocycles. The summed E-state index contributed by atoms with van der Waals surface area (Å²) in [5.41, 5.74) is 0.920. The molecular weight excluding hydrogens is 457 g/mol. The second kappa shape index (κ2) is 8.97. The molecule has 1 amide bonds. The van der Waals surface area contributed by atoms with E-state index in [9.17, 15) is 19.3 Å². The first-order chi connectivity index (χ1) is 15.4. The number of nitro benzene ring substituents is 1. The van der Waals surface area contributed by atoms with Gasteiger partial charge in [0.15, 0.2) is 5.17 Å². The van der Waals surface area contributed by atoms with Gasteiger partial charge in [-0.1, -0.05) is 11.6 Å². The lowest BCUT2D eigenvalue weighted by Gasteiger charge is -2.11. The Morgan fingerprint density at radius 2 is 1.97 bits per heavy atom. The summed E-state index contributed by atoms with van der Waals surface area (Å²) >= 11 is 7.36. The Balaban J connectivity index is 1.60. The number of furan rings is 1. The van der Waals surface area contributed by atoms with Gasteiger partial charge in [0.05, 0.1) is 20.5 Å². The lowest BCUT2D eigenvalue weighted by atomic mass is 10.1. The summed E-state index contributed by atoms with van der Waals surface area (Å²) in [6.45, 7) is 2.26. The number of amides is 1. The van der Waals surface area contributed by atoms with Crippen LogP contribution in [0.2, 0.25) is 5.02 Å². The van der Waals surface area contributed by atoms with Crippen molar-refractivity contribution in [2.75, 3.05) is 6.54 Å². The van der Waals surface area contributed by atoms with Crippen molar-refractivity contribution in [3.8, 4) is 11.3 Å². The van der Waals surface area contributed by atoms with Crippen LogP contribution in [-0.2, 0) is 4.79 Å². The summed E-state index contributed by atoms with van der Waals surface area (Å²) < 4.78 is 18.9. The van der Waals surface area contributed by atoms with Crippen LogP contribution in [0.3, 0.4) is 0 Å². The number of carbonyl (C=O) groups excluding carboxylic acids is 1. The van der Waals surface area contributed by atoms with Gasteiger partial charge >= 0.3 is 0 Å². The molecule has 0 radical (unpaired) electrons. The van der Waals surface area contributed by atoms with E-state index >= 15 is 0 Å². The number of carbonyl (C=O) groups is 1. The van der Waals surface area contributed by atoms with E-state index in [0.29, 0.717) is 39.4 Å². The second-order valence-electron chi connectivity index (χ2n) is 6.65. The molecule has 1 saturated heterocycles. The van der Waals surface area contributed by atoms with Crippen LogP contribution in [0, 0.1) is 15.9 Å². The Labute approximate surface area is 191 Å². The van der Waals surface area contributed by atoms with Gasteiger partial charge in [-0.05, 0) is 61.2 Å². The molecular formula is C22H15ClFN3O4S. The summed E-state index contributed by atoms with van der Waals surface area (Å²) in [6.07, 6.45) is 1.60. The Bertz CT molecular complexity index is 1270. The van der Waals surface area contributed by atoms with Crippen molar-refractivity contribution in [2.45, 2.75) is 6.92 Å². The van der Waals surface area contributed by atoms with Crippen molar-refractivity contribution in [1.82, 2.24) is 4.90 Å². The topological polar surface area (TPSA) is 89.0 Å². The van der Waals surface area contributed by atoms with E-state index < -0.39 is 4.92 Å². The van der Waals surface area contributed by atoms with Gasteiger partial charge in [-0.3, -0.25) is 19.8 Å². The first-order valence-corrected chi connectivity index (χ1v) is 10.6. The summed E-state index contributed by atoms with van der Waals surface area (Å²) in [7, 11) is 0. The third-order valence-electron chi connectivity index (χ3n) is 4.58. The molecule has 1 aromatic heterocycles. The Morgan fingerprint density at radius 3 is 2.62 bits per heavy atom. The van der Waals surface area contributed by atoms with Crippen molar-refractivity contribution < 1.29 is 18.5 Å². The number of aliphatic imine (C=N–C) groups is 1. The van der Waals surface area contributed by atoms with Gasteiger partial charge < -0.3 is 4.42 Å². The number of nitrogens with zero attached hydrogens (tertiary/aromatic N) is 3. The zero-order valence-electron chi connectivity index (χ0n) is 16.6. The number of non-ortho nitro benzene ring substituents is 1. The smallest absolute Gasteiger partial charge is 0.270 e. The lowest BCUT2D eigenvalue weighted by Crippen LogP contribution is -2.28. The van der Waals surface area contributed by atoms with Crippen molar-refractivity contribution in [3.05, 3.63) is 86.2 Å². The van der Waals surface area contributed by atoms with Crippen molar-refractivity contribution >= 4 is 51.9 Å². The Hall–Kier alpha value is -3.43. The molecule has 3 aromatic rings. The molecule has 7 nitrogen and oxygen atoms in total. The highest BCUT2D eigenvalue weighted by molar-refractivity contribution is 8.18.